The van der Waals surface area contributed by atoms with E-state index in [-0.39, 0.29) is 12.2 Å². The van der Waals surface area contributed by atoms with Crippen molar-refractivity contribution in [3.63, 3.8) is 0 Å². The molecule has 0 aromatic rings. The quantitative estimate of drug-likeness (QED) is 0.269. The molecular formula is C21H38O6. The van der Waals surface area contributed by atoms with Gasteiger partial charge in [0.2, 0.25) is 0 Å². The van der Waals surface area contributed by atoms with Gasteiger partial charge in [-0.25, -0.2) is 0 Å². The van der Waals surface area contributed by atoms with Crippen molar-refractivity contribution in [3.8, 4) is 0 Å². The molecule has 1 rings (SSSR count). The normalized spacial score (nSPS) is 28.7. The molecule has 0 radical (unpaired) electrons. The monoisotopic (exact) mass is 386 g/mol. The van der Waals surface area contributed by atoms with Gasteiger partial charge >= 0.3 is 0 Å². The van der Waals surface area contributed by atoms with Crippen molar-refractivity contribution in [1.82, 2.24) is 0 Å². The molecule has 4 N–H and O–H groups in total. The third-order valence-electron chi connectivity index (χ3n) is 5.17. The second-order valence-electron chi connectivity index (χ2n) is 7.56. The lowest BCUT2D eigenvalue weighted by atomic mass is 9.92. The van der Waals surface area contributed by atoms with E-state index >= 15 is 0 Å². The van der Waals surface area contributed by atoms with Gasteiger partial charge in [0, 0.05) is 6.42 Å². The number of aliphatic hydroxyl groups excluding tert-OH is 4. The molecular weight excluding hydrogens is 348 g/mol. The Morgan fingerprint density at radius 3 is 2.00 bits per heavy atom. The fourth-order valence-electron chi connectivity index (χ4n) is 3.40. The molecule has 0 spiro atoms. The third-order valence-corrected chi connectivity index (χ3v) is 5.17. The minimum atomic E-state index is -1.43. The van der Waals surface area contributed by atoms with Crippen LogP contribution in [-0.4, -0.2) is 63.3 Å². The number of hydrogen-bond donors (Lipinski definition) is 4. The van der Waals surface area contributed by atoms with Gasteiger partial charge in [-0.1, -0.05) is 64.4 Å². The minimum Gasteiger partial charge on any atom is -0.394 e. The van der Waals surface area contributed by atoms with Crippen molar-refractivity contribution in [3.05, 3.63) is 12.2 Å². The number of rotatable bonds is 14. The molecule has 6 heteroatoms. The lowest BCUT2D eigenvalue weighted by Crippen LogP contribution is -2.58. The molecule has 1 fully saturated rings. The summed E-state index contributed by atoms with van der Waals surface area (Å²) in [6, 6.07) is 0. The molecule has 5 atom stereocenters. The van der Waals surface area contributed by atoms with E-state index in [1.54, 1.807) is 0 Å². The fourth-order valence-corrected chi connectivity index (χ4v) is 3.40. The van der Waals surface area contributed by atoms with Gasteiger partial charge in [-0.3, -0.25) is 4.79 Å². The molecule has 6 nitrogen and oxygen atoms in total. The Balaban J connectivity index is 2.15. The molecule has 27 heavy (non-hydrogen) atoms. The van der Waals surface area contributed by atoms with Gasteiger partial charge in [0.1, 0.15) is 24.4 Å². The second kappa shape index (κ2) is 14.2. The van der Waals surface area contributed by atoms with Crippen molar-refractivity contribution < 1.29 is 30.0 Å². The van der Waals surface area contributed by atoms with Crippen LogP contribution in [-0.2, 0) is 9.53 Å². The molecule has 0 bridgehead atoms. The van der Waals surface area contributed by atoms with Crippen LogP contribution in [0.25, 0.3) is 0 Å². The zero-order chi connectivity index (χ0) is 20.1. The van der Waals surface area contributed by atoms with Crippen LogP contribution in [0.4, 0.5) is 0 Å². The number of ether oxygens (including phenoxy) is 1. The molecule has 1 heterocycles. The highest BCUT2D eigenvalue weighted by molar-refractivity contribution is 5.90. The first-order valence-electron chi connectivity index (χ1n) is 10.5. The molecule has 1 aliphatic heterocycles. The first-order chi connectivity index (χ1) is 13.0. The summed E-state index contributed by atoms with van der Waals surface area (Å²) >= 11 is 0. The summed E-state index contributed by atoms with van der Waals surface area (Å²) in [5.74, 6) is -0.199. The standard InChI is InChI=1S/C21H38O6/c1-2-3-4-5-6-7-8-9-10-11-12-13-16(23)14-17-19(24)21(26)20(25)18(15-22)27-17/h12-13,17-22,24-26H,2-11,14-15H2,1H3/b13-12+/t17?,18?,19-,20-,21?/m1/s1. The number of carbonyl (C=O) groups is 1. The van der Waals surface area contributed by atoms with Gasteiger partial charge in [0.05, 0.1) is 12.7 Å². The highest BCUT2D eigenvalue weighted by Crippen LogP contribution is 2.23. The molecule has 0 amide bonds. The number of allylic oxidation sites excluding steroid dienone is 2. The van der Waals surface area contributed by atoms with Gasteiger partial charge in [0.15, 0.2) is 5.78 Å². The van der Waals surface area contributed by atoms with E-state index in [1.807, 2.05) is 6.08 Å². The summed E-state index contributed by atoms with van der Waals surface area (Å²) in [4.78, 5) is 12.0. The number of ketones is 1. The molecule has 1 aliphatic rings. The summed E-state index contributed by atoms with van der Waals surface area (Å²) in [5.41, 5.74) is 0. The highest BCUT2D eigenvalue weighted by Gasteiger charge is 2.43. The Bertz CT molecular complexity index is 423. The number of aliphatic hydroxyl groups is 4. The molecule has 0 aromatic heterocycles. The van der Waals surface area contributed by atoms with Crippen molar-refractivity contribution in [2.45, 2.75) is 108 Å². The third kappa shape index (κ3) is 9.30. The van der Waals surface area contributed by atoms with Gasteiger partial charge in [-0.05, 0) is 18.9 Å². The van der Waals surface area contributed by atoms with Crippen LogP contribution in [0.2, 0.25) is 0 Å². The van der Waals surface area contributed by atoms with Crippen LogP contribution in [0.3, 0.4) is 0 Å². The first kappa shape index (κ1) is 24.2. The van der Waals surface area contributed by atoms with Crippen LogP contribution < -0.4 is 0 Å². The lowest BCUT2D eigenvalue weighted by Gasteiger charge is -2.39. The van der Waals surface area contributed by atoms with Crippen molar-refractivity contribution >= 4 is 5.78 Å². The van der Waals surface area contributed by atoms with Crippen LogP contribution in [0.1, 0.15) is 77.6 Å². The Morgan fingerprint density at radius 1 is 0.852 bits per heavy atom. The summed E-state index contributed by atoms with van der Waals surface area (Å²) < 4.78 is 5.34. The van der Waals surface area contributed by atoms with E-state index < -0.39 is 37.1 Å². The van der Waals surface area contributed by atoms with E-state index in [4.69, 9.17) is 9.84 Å². The van der Waals surface area contributed by atoms with E-state index in [0.717, 1.165) is 12.8 Å². The molecule has 0 aliphatic carbocycles. The number of unbranched alkanes of at least 4 members (excludes halogenated alkanes) is 9. The molecule has 1 saturated heterocycles. The average molecular weight is 387 g/mol. The van der Waals surface area contributed by atoms with Crippen LogP contribution >= 0.6 is 0 Å². The number of hydrogen-bond acceptors (Lipinski definition) is 6. The highest BCUT2D eigenvalue weighted by atomic mass is 16.5. The van der Waals surface area contributed by atoms with Gasteiger partial charge in [0.25, 0.3) is 0 Å². The maximum Gasteiger partial charge on any atom is 0.158 e. The summed E-state index contributed by atoms with van der Waals surface area (Å²) in [7, 11) is 0. The summed E-state index contributed by atoms with van der Waals surface area (Å²) in [6.07, 6.45) is 9.37. The SMILES string of the molecule is CCCCCCCCCCC/C=C/C(=O)CC1OC(CO)[C@@H](O)C(O)[C@@H]1O. The largest absolute Gasteiger partial charge is 0.394 e. The zero-order valence-electron chi connectivity index (χ0n) is 16.6. The Kier molecular flexibility index (Phi) is 12.8. The first-order valence-corrected chi connectivity index (χ1v) is 10.5. The minimum absolute atomic E-state index is 0.0876. The average Bonchev–Trinajstić information content (AvgIpc) is 2.66. The predicted octanol–water partition coefficient (Wildman–Crippen LogP) is 2.27. The van der Waals surface area contributed by atoms with Gasteiger partial charge in [-0.2, -0.15) is 0 Å². The van der Waals surface area contributed by atoms with E-state index in [2.05, 4.69) is 6.92 Å². The van der Waals surface area contributed by atoms with E-state index in [0.29, 0.717) is 0 Å². The topological polar surface area (TPSA) is 107 Å². The van der Waals surface area contributed by atoms with Crippen molar-refractivity contribution in [2.75, 3.05) is 6.61 Å². The summed E-state index contributed by atoms with van der Waals surface area (Å²) in [6.45, 7) is 1.74. The van der Waals surface area contributed by atoms with Crippen molar-refractivity contribution in [2.24, 2.45) is 0 Å². The van der Waals surface area contributed by atoms with Crippen molar-refractivity contribution in [1.29, 1.82) is 0 Å². The summed E-state index contributed by atoms with van der Waals surface area (Å²) in [5, 5.41) is 38.6. The maximum atomic E-state index is 12.0. The molecule has 0 aromatic carbocycles. The smallest absolute Gasteiger partial charge is 0.158 e. The van der Waals surface area contributed by atoms with Crippen LogP contribution in [0.5, 0.6) is 0 Å². The maximum absolute atomic E-state index is 12.0. The molecule has 0 saturated carbocycles. The zero-order valence-corrected chi connectivity index (χ0v) is 16.6. The van der Waals surface area contributed by atoms with Crippen LogP contribution in [0, 0.1) is 0 Å². The fraction of sp³-hybridized carbons (Fsp3) is 0.857. The van der Waals surface area contributed by atoms with Gasteiger partial charge in [-0.15, -0.1) is 0 Å². The van der Waals surface area contributed by atoms with E-state index in [1.165, 1.54) is 57.4 Å². The second-order valence-corrected chi connectivity index (χ2v) is 7.56. The number of carbonyl (C=O) groups excluding carboxylic acids is 1. The lowest BCUT2D eigenvalue weighted by molar-refractivity contribution is -0.229. The Hall–Kier alpha value is -0.790. The van der Waals surface area contributed by atoms with E-state index in [9.17, 15) is 20.1 Å². The van der Waals surface area contributed by atoms with Crippen LogP contribution in [0.15, 0.2) is 12.2 Å². The molecule has 3 unspecified atom stereocenters. The Labute approximate surface area is 163 Å². The predicted molar refractivity (Wildman–Crippen MR) is 104 cm³/mol. The van der Waals surface area contributed by atoms with Gasteiger partial charge < -0.3 is 25.2 Å². The molecule has 158 valence electrons. The Morgan fingerprint density at radius 2 is 1.41 bits per heavy atom.